The first-order valence-corrected chi connectivity index (χ1v) is 7.87. The predicted molar refractivity (Wildman–Crippen MR) is 68.6 cm³/mol. The van der Waals surface area contributed by atoms with Gasteiger partial charge in [-0.25, -0.2) is 12.7 Å². The van der Waals surface area contributed by atoms with Crippen LogP contribution in [0.4, 0.5) is 0 Å². The molecule has 1 fully saturated rings. The molecular weight excluding hydrogens is 240 g/mol. The van der Waals surface area contributed by atoms with Gasteiger partial charge in [0.1, 0.15) is 0 Å². The zero-order chi connectivity index (χ0) is 12.7. The fourth-order valence-electron chi connectivity index (χ4n) is 2.01. The molecule has 0 aliphatic carbocycles. The maximum atomic E-state index is 12.1. The van der Waals surface area contributed by atoms with Crippen molar-refractivity contribution in [2.75, 3.05) is 39.6 Å². The lowest BCUT2D eigenvalue weighted by atomic mass is 10.1. The third-order valence-corrected chi connectivity index (χ3v) is 5.20. The van der Waals surface area contributed by atoms with E-state index < -0.39 is 10.0 Å². The summed E-state index contributed by atoms with van der Waals surface area (Å²) >= 11 is 0. The average molecular weight is 264 g/mol. The molecule has 1 saturated heterocycles. The highest BCUT2D eigenvalue weighted by Crippen LogP contribution is 2.16. The van der Waals surface area contributed by atoms with E-state index in [1.165, 1.54) is 0 Å². The smallest absolute Gasteiger partial charge is 0.214 e. The van der Waals surface area contributed by atoms with Gasteiger partial charge in [0.05, 0.1) is 5.75 Å². The van der Waals surface area contributed by atoms with E-state index in [4.69, 9.17) is 4.74 Å². The molecule has 0 radical (unpaired) electrons. The van der Waals surface area contributed by atoms with Gasteiger partial charge in [0.25, 0.3) is 0 Å². The Morgan fingerprint density at radius 3 is 2.53 bits per heavy atom. The van der Waals surface area contributed by atoms with E-state index in [0.29, 0.717) is 13.2 Å². The molecule has 6 heteroatoms. The van der Waals surface area contributed by atoms with Gasteiger partial charge in [0.15, 0.2) is 0 Å². The highest BCUT2D eigenvalue weighted by Gasteiger charge is 2.27. The molecule has 0 aromatic carbocycles. The molecule has 1 rings (SSSR count). The number of ether oxygens (including phenoxy) is 1. The first-order chi connectivity index (χ1) is 8.08. The lowest BCUT2D eigenvalue weighted by molar-refractivity contribution is 0.0632. The van der Waals surface area contributed by atoms with Crippen LogP contribution in [0, 0.1) is 0 Å². The van der Waals surface area contributed by atoms with Crippen molar-refractivity contribution in [3.63, 3.8) is 0 Å². The molecular formula is C11H24N2O3S. The Kier molecular flexibility index (Phi) is 6.40. The number of hydrogen-bond donors (Lipinski definition) is 1. The summed E-state index contributed by atoms with van der Waals surface area (Å²) < 4.78 is 30.9. The van der Waals surface area contributed by atoms with Crippen molar-refractivity contribution in [3.8, 4) is 0 Å². The van der Waals surface area contributed by atoms with Crippen LogP contribution in [0.15, 0.2) is 0 Å². The number of unbranched alkanes of at least 4 members (excludes halogenated alkanes) is 1. The minimum absolute atomic E-state index is 0.123. The number of hydrogen-bond acceptors (Lipinski definition) is 4. The molecule has 5 nitrogen and oxygen atoms in total. The summed E-state index contributed by atoms with van der Waals surface area (Å²) in [5.41, 5.74) is 0. The third kappa shape index (κ3) is 4.91. The Morgan fingerprint density at radius 1 is 1.29 bits per heavy atom. The van der Waals surface area contributed by atoms with Crippen LogP contribution in [0.5, 0.6) is 0 Å². The Morgan fingerprint density at radius 2 is 1.94 bits per heavy atom. The molecule has 0 unspecified atom stereocenters. The topological polar surface area (TPSA) is 58.6 Å². The molecule has 1 N–H and O–H groups in total. The number of nitrogens with zero attached hydrogens (tertiary/aromatic N) is 1. The van der Waals surface area contributed by atoms with E-state index in [9.17, 15) is 8.42 Å². The van der Waals surface area contributed by atoms with Crippen molar-refractivity contribution in [1.29, 1.82) is 0 Å². The molecule has 0 aromatic heterocycles. The number of nitrogens with one attached hydrogen (secondary N) is 1. The van der Waals surface area contributed by atoms with Gasteiger partial charge < -0.3 is 10.1 Å². The molecule has 1 aliphatic heterocycles. The summed E-state index contributed by atoms with van der Waals surface area (Å²) in [5.74, 6) is 0.253. The van der Waals surface area contributed by atoms with Gasteiger partial charge in [-0.2, -0.15) is 0 Å². The summed E-state index contributed by atoms with van der Waals surface area (Å²) in [6.45, 7) is 2.21. The highest BCUT2D eigenvalue weighted by molar-refractivity contribution is 7.89. The van der Waals surface area contributed by atoms with Crippen LogP contribution in [-0.4, -0.2) is 58.4 Å². The van der Waals surface area contributed by atoms with E-state index >= 15 is 0 Å². The molecule has 0 bridgehead atoms. The van der Waals surface area contributed by atoms with Crippen molar-refractivity contribution >= 4 is 10.0 Å². The van der Waals surface area contributed by atoms with Gasteiger partial charge in [-0.1, -0.05) is 0 Å². The van der Waals surface area contributed by atoms with Crippen LogP contribution in [0.3, 0.4) is 0 Å². The van der Waals surface area contributed by atoms with Crippen LogP contribution in [0.2, 0.25) is 0 Å². The lowest BCUT2D eigenvalue weighted by Gasteiger charge is -2.30. The van der Waals surface area contributed by atoms with Crippen molar-refractivity contribution in [3.05, 3.63) is 0 Å². The van der Waals surface area contributed by atoms with E-state index in [2.05, 4.69) is 5.32 Å². The van der Waals surface area contributed by atoms with E-state index in [-0.39, 0.29) is 11.8 Å². The first kappa shape index (κ1) is 14.9. The SMILES string of the molecule is CNCCCCS(=O)(=O)N(C)C1CCOCC1. The zero-order valence-corrected chi connectivity index (χ0v) is 11.6. The van der Waals surface area contributed by atoms with Crippen LogP contribution >= 0.6 is 0 Å². The summed E-state index contributed by atoms with van der Waals surface area (Å²) in [6.07, 6.45) is 3.24. The van der Waals surface area contributed by atoms with E-state index in [1.807, 2.05) is 7.05 Å². The Hall–Kier alpha value is -0.170. The summed E-state index contributed by atoms with van der Waals surface area (Å²) in [7, 11) is 0.485. The molecule has 1 aliphatic rings. The van der Waals surface area contributed by atoms with E-state index in [0.717, 1.165) is 32.2 Å². The summed E-state index contributed by atoms with van der Waals surface area (Å²) in [4.78, 5) is 0. The van der Waals surface area contributed by atoms with Gasteiger partial charge in [0, 0.05) is 26.3 Å². The van der Waals surface area contributed by atoms with Crippen LogP contribution in [0.1, 0.15) is 25.7 Å². The maximum Gasteiger partial charge on any atom is 0.214 e. The summed E-state index contributed by atoms with van der Waals surface area (Å²) in [5, 5.41) is 3.02. The Bertz CT molecular complexity index is 300. The van der Waals surface area contributed by atoms with Crippen molar-refractivity contribution in [2.24, 2.45) is 0 Å². The molecule has 0 spiro atoms. The number of sulfonamides is 1. The van der Waals surface area contributed by atoms with Crippen molar-refractivity contribution < 1.29 is 13.2 Å². The summed E-state index contributed by atoms with van der Waals surface area (Å²) in [6, 6.07) is 0.123. The Labute approximate surface area is 105 Å². The standard InChI is InChI=1S/C11H24N2O3S/c1-12-7-3-4-10-17(14,15)13(2)11-5-8-16-9-6-11/h11-12H,3-10H2,1-2H3. The molecule has 1 heterocycles. The van der Waals surface area contributed by atoms with Crippen LogP contribution < -0.4 is 5.32 Å². The van der Waals surface area contributed by atoms with Gasteiger partial charge in [-0.05, 0) is 39.3 Å². The van der Waals surface area contributed by atoms with Gasteiger partial charge in [0.2, 0.25) is 10.0 Å². The fraction of sp³-hybridized carbons (Fsp3) is 1.00. The van der Waals surface area contributed by atoms with E-state index in [1.54, 1.807) is 11.4 Å². The predicted octanol–water partition coefficient (Wildman–Crippen LogP) is 0.427. The molecule has 0 aromatic rings. The molecule has 102 valence electrons. The van der Waals surface area contributed by atoms with Crippen LogP contribution in [-0.2, 0) is 14.8 Å². The van der Waals surface area contributed by atoms with Gasteiger partial charge >= 0.3 is 0 Å². The first-order valence-electron chi connectivity index (χ1n) is 6.26. The molecule has 0 saturated carbocycles. The van der Waals surface area contributed by atoms with Crippen molar-refractivity contribution in [2.45, 2.75) is 31.7 Å². The van der Waals surface area contributed by atoms with Crippen LogP contribution in [0.25, 0.3) is 0 Å². The fourth-order valence-corrected chi connectivity index (χ4v) is 3.53. The lowest BCUT2D eigenvalue weighted by Crippen LogP contribution is -2.41. The molecule has 0 atom stereocenters. The second-order valence-electron chi connectivity index (χ2n) is 4.49. The zero-order valence-electron chi connectivity index (χ0n) is 10.8. The highest BCUT2D eigenvalue weighted by atomic mass is 32.2. The molecule has 17 heavy (non-hydrogen) atoms. The van der Waals surface area contributed by atoms with Gasteiger partial charge in [-0.15, -0.1) is 0 Å². The Balaban J connectivity index is 2.39. The molecule has 0 amide bonds. The normalized spacial score (nSPS) is 18.8. The minimum atomic E-state index is -3.09. The second-order valence-corrected chi connectivity index (χ2v) is 6.63. The van der Waals surface area contributed by atoms with Crippen molar-refractivity contribution in [1.82, 2.24) is 9.62 Å². The largest absolute Gasteiger partial charge is 0.381 e. The minimum Gasteiger partial charge on any atom is -0.381 e. The quantitative estimate of drug-likeness (QED) is 0.677. The third-order valence-electron chi connectivity index (χ3n) is 3.22. The van der Waals surface area contributed by atoms with Gasteiger partial charge in [-0.3, -0.25) is 0 Å². The second kappa shape index (κ2) is 7.31. The maximum absolute atomic E-state index is 12.1. The average Bonchev–Trinajstić information content (AvgIpc) is 2.35. The monoisotopic (exact) mass is 264 g/mol. The number of rotatable bonds is 7.